The highest BCUT2D eigenvalue weighted by atomic mass is 16.3. The Morgan fingerprint density at radius 1 is 1.33 bits per heavy atom. The van der Waals surface area contributed by atoms with Gasteiger partial charge in [-0.05, 0) is 32.2 Å². The van der Waals surface area contributed by atoms with Gasteiger partial charge in [0.1, 0.15) is 11.5 Å². The summed E-state index contributed by atoms with van der Waals surface area (Å²) in [6, 6.07) is 8.00. The van der Waals surface area contributed by atoms with E-state index >= 15 is 0 Å². The van der Waals surface area contributed by atoms with E-state index in [9.17, 15) is 0 Å². The maximum atomic E-state index is 5.57. The Bertz CT molecular complexity index is 493. The maximum Gasteiger partial charge on any atom is 0.118 e. The van der Waals surface area contributed by atoms with Crippen LogP contribution in [0.2, 0.25) is 0 Å². The number of aromatic nitrogens is 1. The van der Waals surface area contributed by atoms with Gasteiger partial charge in [0.2, 0.25) is 0 Å². The van der Waals surface area contributed by atoms with Gasteiger partial charge in [0.05, 0.1) is 12.2 Å². The Labute approximate surface area is 107 Å². The van der Waals surface area contributed by atoms with Crippen molar-refractivity contribution in [3.63, 3.8) is 0 Å². The number of furan rings is 1. The molecule has 0 fully saturated rings. The fraction of sp³-hybridized carbons (Fsp3) is 0.357. The minimum Gasteiger partial charge on any atom is -0.465 e. The fourth-order valence-electron chi connectivity index (χ4n) is 1.96. The number of hydrogen-bond donors (Lipinski definition) is 1. The van der Waals surface area contributed by atoms with Gasteiger partial charge in [-0.3, -0.25) is 9.88 Å². The predicted octanol–water partition coefficient (Wildman–Crippen LogP) is 2.07. The van der Waals surface area contributed by atoms with Crippen molar-refractivity contribution in [1.29, 1.82) is 0 Å². The van der Waals surface area contributed by atoms with Gasteiger partial charge in [-0.25, -0.2) is 0 Å². The van der Waals surface area contributed by atoms with E-state index < -0.39 is 0 Å². The van der Waals surface area contributed by atoms with Crippen LogP contribution in [0.1, 0.15) is 22.8 Å². The molecule has 2 aromatic rings. The van der Waals surface area contributed by atoms with Gasteiger partial charge >= 0.3 is 0 Å². The molecule has 2 heterocycles. The highest BCUT2D eigenvalue weighted by molar-refractivity contribution is 5.20. The minimum atomic E-state index is 0.449. The van der Waals surface area contributed by atoms with Crippen LogP contribution in [0.4, 0.5) is 0 Å². The van der Waals surface area contributed by atoms with Crippen LogP contribution in [0.5, 0.6) is 0 Å². The number of nitrogens with two attached hydrogens (primary N) is 1. The SMILES string of the molecule is Cc1oc(CN)cc1CN(C)Cc1ccccn1. The van der Waals surface area contributed by atoms with Gasteiger partial charge in [-0.1, -0.05) is 6.07 Å². The van der Waals surface area contributed by atoms with E-state index in [1.807, 2.05) is 37.4 Å². The van der Waals surface area contributed by atoms with Crippen LogP contribution in [0, 0.1) is 6.92 Å². The third kappa shape index (κ3) is 3.18. The molecule has 0 aliphatic carbocycles. The van der Waals surface area contributed by atoms with E-state index in [0.717, 1.165) is 30.3 Å². The molecule has 0 radical (unpaired) electrons. The van der Waals surface area contributed by atoms with E-state index in [-0.39, 0.29) is 0 Å². The van der Waals surface area contributed by atoms with Crippen molar-refractivity contribution in [3.8, 4) is 0 Å². The van der Waals surface area contributed by atoms with Crippen molar-refractivity contribution in [2.45, 2.75) is 26.6 Å². The molecule has 0 aliphatic heterocycles. The predicted molar refractivity (Wildman–Crippen MR) is 70.7 cm³/mol. The van der Waals surface area contributed by atoms with E-state index in [1.165, 1.54) is 5.56 Å². The van der Waals surface area contributed by atoms with Gasteiger partial charge in [0.25, 0.3) is 0 Å². The molecule has 0 unspecified atom stereocenters. The van der Waals surface area contributed by atoms with Crippen LogP contribution in [0.3, 0.4) is 0 Å². The van der Waals surface area contributed by atoms with E-state index in [1.54, 1.807) is 0 Å². The summed E-state index contributed by atoms with van der Waals surface area (Å²) < 4.78 is 5.55. The Morgan fingerprint density at radius 3 is 2.78 bits per heavy atom. The number of pyridine rings is 1. The van der Waals surface area contributed by atoms with Crippen molar-refractivity contribution in [2.75, 3.05) is 7.05 Å². The largest absolute Gasteiger partial charge is 0.465 e. The Kier molecular flexibility index (Phi) is 4.12. The minimum absolute atomic E-state index is 0.449. The molecule has 0 saturated heterocycles. The number of nitrogens with zero attached hydrogens (tertiary/aromatic N) is 2. The quantitative estimate of drug-likeness (QED) is 0.876. The number of rotatable bonds is 5. The molecule has 0 spiro atoms. The molecule has 0 saturated carbocycles. The maximum absolute atomic E-state index is 5.57. The van der Waals surface area contributed by atoms with Crippen LogP contribution in [-0.4, -0.2) is 16.9 Å². The molecule has 0 atom stereocenters. The number of hydrogen-bond acceptors (Lipinski definition) is 4. The van der Waals surface area contributed by atoms with Crippen LogP contribution in [0.15, 0.2) is 34.9 Å². The first-order valence-corrected chi connectivity index (χ1v) is 6.05. The van der Waals surface area contributed by atoms with Crippen molar-refractivity contribution in [1.82, 2.24) is 9.88 Å². The smallest absolute Gasteiger partial charge is 0.118 e. The molecular weight excluding hydrogens is 226 g/mol. The monoisotopic (exact) mass is 245 g/mol. The zero-order valence-corrected chi connectivity index (χ0v) is 10.9. The summed E-state index contributed by atoms with van der Waals surface area (Å²) in [5.41, 5.74) is 7.83. The third-order valence-electron chi connectivity index (χ3n) is 2.87. The lowest BCUT2D eigenvalue weighted by atomic mass is 10.2. The molecular formula is C14H19N3O. The summed E-state index contributed by atoms with van der Waals surface area (Å²) in [5, 5.41) is 0. The van der Waals surface area contributed by atoms with Crippen molar-refractivity contribution < 1.29 is 4.42 Å². The Balaban J connectivity index is 1.98. The second-order valence-electron chi connectivity index (χ2n) is 4.49. The average molecular weight is 245 g/mol. The summed E-state index contributed by atoms with van der Waals surface area (Å²) in [6.07, 6.45) is 1.82. The van der Waals surface area contributed by atoms with Gasteiger partial charge in [-0.2, -0.15) is 0 Å². The molecule has 0 amide bonds. The van der Waals surface area contributed by atoms with Crippen LogP contribution >= 0.6 is 0 Å². The standard InChI is InChI=1S/C14H19N3O/c1-11-12(7-14(8-15)18-11)9-17(2)10-13-5-3-4-6-16-13/h3-7H,8-10,15H2,1-2H3. The molecule has 4 nitrogen and oxygen atoms in total. The Hall–Kier alpha value is -1.65. The number of aryl methyl sites for hydroxylation is 1. The lowest BCUT2D eigenvalue weighted by molar-refractivity contribution is 0.312. The van der Waals surface area contributed by atoms with Crippen molar-refractivity contribution >= 4 is 0 Å². The zero-order chi connectivity index (χ0) is 13.0. The third-order valence-corrected chi connectivity index (χ3v) is 2.87. The van der Waals surface area contributed by atoms with E-state index in [0.29, 0.717) is 6.54 Å². The van der Waals surface area contributed by atoms with Crippen molar-refractivity contribution in [2.24, 2.45) is 5.73 Å². The second-order valence-corrected chi connectivity index (χ2v) is 4.49. The fourth-order valence-corrected chi connectivity index (χ4v) is 1.96. The summed E-state index contributed by atoms with van der Waals surface area (Å²) in [4.78, 5) is 6.53. The highest BCUT2D eigenvalue weighted by Crippen LogP contribution is 2.16. The molecule has 2 aromatic heterocycles. The molecule has 2 rings (SSSR count). The van der Waals surface area contributed by atoms with Gasteiger partial charge < -0.3 is 10.2 Å². The van der Waals surface area contributed by atoms with Crippen molar-refractivity contribution in [3.05, 3.63) is 53.2 Å². The first kappa shape index (κ1) is 12.8. The second kappa shape index (κ2) is 5.80. The van der Waals surface area contributed by atoms with E-state index in [2.05, 4.69) is 16.9 Å². The normalized spacial score (nSPS) is 11.1. The molecule has 2 N–H and O–H groups in total. The van der Waals surface area contributed by atoms with Crippen LogP contribution in [-0.2, 0) is 19.6 Å². The van der Waals surface area contributed by atoms with E-state index in [4.69, 9.17) is 10.2 Å². The highest BCUT2D eigenvalue weighted by Gasteiger charge is 2.09. The summed E-state index contributed by atoms with van der Waals surface area (Å²) >= 11 is 0. The lowest BCUT2D eigenvalue weighted by Gasteiger charge is -2.15. The van der Waals surface area contributed by atoms with Crippen LogP contribution in [0.25, 0.3) is 0 Å². The zero-order valence-electron chi connectivity index (χ0n) is 10.9. The average Bonchev–Trinajstić information content (AvgIpc) is 2.71. The molecule has 0 aliphatic rings. The molecule has 18 heavy (non-hydrogen) atoms. The topological polar surface area (TPSA) is 55.3 Å². The summed E-state index contributed by atoms with van der Waals surface area (Å²) in [5.74, 6) is 1.79. The van der Waals surface area contributed by atoms with Gasteiger partial charge in [0, 0.05) is 24.8 Å². The summed E-state index contributed by atoms with van der Waals surface area (Å²) in [6.45, 7) is 4.09. The first-order valence-electron chi connectivity index (χ1n) is 6.05. The molecule has 4 heteroatoms. The lowest BCUT2D eigenvalue weighted by Crippen LogP contribution is -2.18. The van der Waals surface area contributed by atoms with Gasteiger partial charge in [0.15, 0.2) is 0 Å². The van der Waals surface area contributed by atoms with Crippen LogP contribution < -0.4 is 5.73 Å². The van der Waals surface area contributed by atoms with Gasteiger partial charge in [-0.15, -0.1) is 0 Å². The first-order chi connectivity index (χ1) is 8.69. The molecule has 96 valence electrons. The molecule has 0 aromatic carbocycles. The Morgan fingerprint density at radius 2 is 2.17 bits per heavy atom. The summed E-state index contributed by atoms with van der Waals surface area (Å²) in [7, 11) is 2.07. The molecule has 0 bridgehead atoms.